The van der Waals surface area contributed by atoms with Crippen LogP contribution in [0.1, 0.15) is 94.2 Å². The van der Waals surface area contributed by atoms with Gasteiger partial charge < -0.3 is 10.4 Å². The van der Waals surface area contributed by atoms with Crippen LogP contribution in [-0.4, -0.2) is 48.7 Å². The summed E-state index contributed by atoms with van der Waals surface area (Å²) in [7, 11) is -4.10. The van der Waals surface area contributed by atoms with E-state index in [2.05, 4.69) is 109 Å². The van der Waals surface area contributed by atoms with Crippen molar-refractivity contribution >= 4 is 38.0 Å². The molecule has 0 aliphatic rings. The Morgan fingerprint density at radius 1 is 0.622 bits per heavy atom. The zero-order valence-electron chi connectivity index (χ0n) is 27.9. The van der Waals surface area contributed by atoms with Crippen molar-refractivity contribution in [2.75, 3.05) is 11.6 Å². The standard InChI is InChI=1S/C22H52NP2Si2.C8H10N.Co/c1-19(2,3)24(20(4,5)6)17-26(13,14)23-27(15,16)18-25(21(7,8)9)22(10,11)12;1-6-4-3-5-7(2)8(6)9;/h17-18H2,1-16H3;3-5,9H,1-2H3;/q2*-1;+2/p+2. The molecule has 0 saturated heterocycles. The fourth-order valence-corrected chi connectivity index (χ4v) is 34.4. The zero-order valence-corrected chi connectivity index (χ0v) is 33.0. The van der Waals surface area contributed by atoms with E-state index >= 15 is 0 Å². The summed E-state index contributed by atoms with van der Waals surface area (Å²) < 4.78 is 5.80. The fraction of sp³-hybridized carbons (Fsp3) is 0.800. The van der Waals surface area contributed by atoms with Gasteiger partial charge in [0.05, 0.1) is 20.6 Å². The van der Waals surface area contributed by atoms with E-state index in [1.54, 1.807) is 0 Å². The Labute approximate surface area is 248 Å². The first kappa shape index (κ1) is 39.9. The predicted molar refractivity (Wildman–Crippen MR) is 184 cm³/mol. The van der Waals surface area contributed by atoms with Crippen LogP contribution in [-0.2, 0) is 16.8 Å². The van der Waals surface area contributed by atoms with Crippen molar-refractivity contribution in [2.24, 2.45) is 0 Å². The van der Waals surface area contributed by atoms with E-state index in [1.165, 1.54) is 11.6 Å². The second-order valence-corrected chi connectivity index (χ2v) is 35.2. The minimum atomic E-state index is -1.56. The van der Waals surface area contributed by atoms with Crippen molar-refractivity contribution in [3.8, 4) is 0 Å². The SMILES string of the molecule is CC(C)(C)[PH+](C[Si](C)(C)[N-][Si](C)(C)C[PH+](C(C)(C)C)C(C)(C)C)C(C)(C)C.Cc1cccc(C)c1[NH-].[Co+2]. The van der Waals surface area contributed by atoms with Gasteiger partial charge in [-0.2, -0.15) is 0 Å². The van der Waals surface area contributed by atoms with Gasteiger partial charge in [0.25, 0.3) is 0 Å². The Balaban J connectivity index is 0. The molecule has 219 valence electrons. The van der Waals surface area contributed by atoms with Gasteiger partial charge in [0, 0.05) is 27.4 Å². The summed E-state index contributed by atoms with van der Waals surface area (Å²) in [6.45, 7) is 43.8. The fourth-order valence-electron chi connectivity index (χ4n) is 5.89. The molecular formula is C30H64CoN2P2Si2+2. The van der Waals surface area contributed by atoms with Crippen LogP contribution in [0.15, 0.2) is 18.2 Å². The molecule has 0 spiro atoms. The molecule has 2 nitrogen and oxygen atoms in total. The predicted octanol–water partition coefficient (Wildman–Crippen LogP) is 11.5. The average Bonchev–Trinajstić information content (AvgIpc) is 2.58. The van der Waals surface area contributed by atoms with E-state index < -0.39 is 32.3 Å². The normalized spacial score (nSPS) is 13.8. The Kier molecular flexibility index (Phi) is 15.2. The van der Waals surface area contributed by atoms with Crippen molar-refractivity contribution in [1.82, 2.24) is 0 Å². The largest absolute Gasteiger partial charge is 2.00 e. The van der Waals surface area contributed by atoms with Crippen molar-refractivity contribution < 1.29 is 16.8 Å². The monoisotopic (exact) mass is 629 g/mol. The summed E-state index contributed by atoms with van der Waals surface area (Å²) in [5, 5.41) is 1.78. The Morgan fingerprint density at radius 3 is 1.05 bits per heavy atom. The maximum Gasteiger partial charge on any atom is 2.00 e. The number of hydrogen-bond acceptors (Lipinski definition) is 0. The van der Waals surface area contributed by atoms with Crippen LogP contribution in [0.25, 0.3) is 10.4 Å². The van der Waals surface area contributed by atoms with Crippen LogP contribution in [0.4, 0.5) is 5.69 Å². The minimum Gasteiger partial charge on any atom is -0.698 e. The number of aryl methyl sites for hydroxylation is 2. The molecule has 37 heavy (non-hydrogen) atoms. The number of hydrogen-bond donors (Lipinski definition) is 0. The van der Waals surface area contributed by atoms with Gasteiger partial charge in [0.15, 0.2) is 0 Å². The van der Waals surface area contributed by atoms with Crippen molar-refractivity contribution in [1.29, 1.82) is 0 Å². The summed E-state index contributed by atoms with van der Waals surface area (Å²) in [5.41, 5.74) is 10.2. The van der Waals surface area contributed by atoms with E-state index in [-0.39, 0.29) is 16.8 Å². The number of rotatable bonds is 6. The summed E-state index contributed by atoms with van der Waals surface area (Å²) in [5.74, 6) is 2.85. The van der Waals surface area contributed by atoms with Crippen molar-refractivity contribution in [3.05, 3.63) is 39.7 Å². The van der Waals surface area contributed by atoms with Gasteiger partial charge in [-0.1, -0.05) is 55.5 Å². The molecule has 1 radical (unpaired) electrons. The van der Waals surface area contributed by atoms with E-state index in [9.17, 15) is 0 Å². The van der Waals surface area contributed by atoms with E-state index in [1.807, 2.05) is 32.0 Å². The van der Waals surface area contributed by atoms with Crippen LogP contribution in [0.2, 0.25) is 26.2 Å². The molecule has 0 atom stereocenters. The number of nitrogens with zero attached hydrogens (tertiary/aromatic N) is 1. The molecule has 0 amide bonds. The van der Waals surface area contributed by atoms with Crippen LogP contribution >= 0.6 is 15.8 Å². The first-order valence-corrected chi connectivity index (χ1v) is 23.6. The molecule has 0 saturated carbocycles. The smallest absolute Gasteiger partial charge is 0.698 e. The van der Waals surface area contributed by atoms with Crippen LogP contribution in [0, 0.1) is 13.8 Å². The third-order valence-corrected chi connectivity index (χ3v) is 28.8. The number of benzene rings is 1. The molecule has 1 aromatic carbocycles. The molecule has 7 heteroatoms. The maximum absolute atomic E-state index is 7.44. The van der Waals surface area contributed by atoms with Crippen LogP contribution in [0.3, 0.4) is 0 Å². The van der Waals surface area contributed by atoms with E-state index in [4.69, 9.17) is 10.4 Å². The minimum absolute atomic E-state index is 0. The Bertz CT molecular complexity index is 738. The second-order valence-electron chi connectivity index (χ2n) is 16.3. The molecule has 0 bridgehead atoms. The summed E-state index contributed by atoms with van der Waals surface area (Å²) in [4.78, 5) is 0. The third-order valence-electron chi connectivity index (χ3n) is 6.93. The maximum atomic E-state index is 7.44. The van der Waals surface area contributed by atoms with Gasteiger partial charge in [0.1, 0.15) is 0 Å². The number of nitrogens with one attached hydrogen (secondary N) is 1. The van der Waals surface area contributed by atoms with Gasteiger partial charge in [0.2, 0.25) is 0 Å². The summed E-state index contributed by atoms with van der Waals surface area (Å²) in [6, 6.07) is 5.88. The Hall–Kier alpha value is 0.780. The summed E-state index contributed by atoms with van der Waals surface area (Å²) in [6.07, 6.45) is 0. The molecule has 0 aliphatic carbocycles. The van der Waals surface area contributed by atoms with Gasteiger partial charge in [-0.15, -0.1) is 5.69 Å². The van der Waals surface area contributed by atoms with Crippen molar-refractivity contribution in [2.45, 2.75) is 144 Å². The van der Waals surface area contributed by atoms with Gasteiger partial charge >= 0.3 is 16.8 Å². The molecule has 1 aromatic rings. The van der Waals surface area contributed by atoms with Crippen molar-refractivity contribution in [3.63, 3.8) is 0 Å². The molecule has 1 N–H and O–H groups in total. The third kappa shape index (κ3) is 14.8. The molecule has 0 unspecified atom stereocenters. The zero-order chi connectivity index (χ0) is 29.1. The van der Waals surface area contributed by atoms with Gasteiger partial charge in [-0.3, -0.25) is 0 Å². The van der Waals surface area contributed by atoms with Gasteiger partial charge in [-0.05, 0) is 113 Å². The van der Waals surface area contributed by atoms with Crippen LogP contribution in [0.5, 0.6) is 0 Å². The first-order chi connectivity index (χ1) is 15.6. The molecule has 0 aromatic heterocycles. The van der Waals surface area contributed by atoms with Crippen LogP contribution < -0.4 is 0 Å². The molecule has 0 fully saturated rings. The molecule has 0 aliphatic heterocycles. The van der Waals surface area contributed by atoms with Gasteiger partial charge in [-0.25, -0.2) is 0 Å². The molecule has 1 rings (SSSR count). The Morgan fingerprint density at radius 2 is 0.865 bits per heavy atom. The average molecular weight is 630 g/mol. The topological polar surface area (TPSA) is 37.9 Å². The first-order valence-electron chi connectivity index (χ1n) is 13.9. The van der Waals surface area contributed by atoms with E-state index in [0.717, 1.165) is 11.1 Å². The summed E-state index contributed by atoms with van der Waals surface area (Å²) >= 11 is 0. The molecule has 0 heterocycles. The van der Waals surface area contributed by atoms with E-state index in [0.29, 0.717) is 26.3 Å². The second kappa shape index (κ2) is 14.1. The quantitative estimate of drug-likeness (QED) is 0.222. The molecular weight excluding hydrogens is 565 g/mol.